The molecule has 0 bridgehead atoms. The minimum Gasteiger partial charge on any atom is -0.494 e. The molecule has 4 rings (SSSR count). The Labute approximate surface area is 198 Å². The number of nitrogens with zero attached hydrogens (tertiary/aromatic N) is 3. The molecule has 5 nitrogen and oxygen atoms in total. The van der Waals surface area contributed by atoms with E-state index in [0.29, 0.717) is 12.5 Å². The maximum absolute atomic E-state index is 13.1. The van der Waals surface area contributed by atoms with E-state index >= 15 is 0 Å². The first-order valence-corrected chi connectivity index (χ1v) is 12.4. The van der Waals surface area contributed by atoms with Gasteiger partial charge < -0.3 is 9.64 Å². The normalized spacial score (nSPS) is 18.6. The Morgan fingerprint density at radius 3 is 2.33 bits per heavy atom. The summed E-state index contributed by atoms with van der Waals surface area (Å²) in [5.41, 5.74) is 2.47. The molecule has 2 saturated heterocycles. The number of benzene rings is 2. The smallest absolute Gasteiger partial charge is 0.225 e. The molecule has 0 radical (unpaired) electrons. The largest absolute Gasteiger partial charge is 0.494 e. The van der Waals surface area contributed by atoms with Crippen molar-refractivity contribution in [2.75, 3.05) is 52.4 Å². The molecule has 2 heterocycles. The van der Waals surface area contributed by atoms with Crippen LogP contribution in [0.5, 0.6) is 5.75 Å². The minimum absolute atomic E-state index is 0.174. The number of likely N-dealkylation sites (tertiary alicyclic amines) is 1. The predicted octanol–water partition coefficient (Wildman–Crippen LogP) is 4.15. The molecule has 0 unspecified atom stereocenters. The highest BCUT2D eigenvalue weighted by atomic mass is 16.5. The van der Waals surface area contributed by atoms with Crippen molar-refractivity contribution < 1.29 is 9.53 Å². The third kappa shape index (κ3) is 6.68. The minimum atomic E-state index is 0.174. The summed E-state index contributed by atoms with van der Waals surface area (Å²) < 4.78 is 5.78. The highest BCUT2D eigenvalue weighted by Gasteiger charge is 2.30. The fourth-order valence-electron chi connectivity index (χ4n) is 4.82. The van der Waals surface area contributed by atoms with Crippen LogP contribution < -0.4 is 4.74 Å². The van der Waals surface area contributed by atoms with Gasteiger partial charge in [0, 0.05) is 50.7 Å². The van der Waals surface area contributed by atoms with Crippen LogP contribution in [0.4, 0.5) is 0 Å². The van der Waals surface area contributed by atoms with Crippen molar-refractivity contribution in [3.05, 3.63) is 71.8 Å². The zero-order valence-electron chi connectivity index (χ0n) is 19.9. The van der Waals surface area contributed by atoms with E-state index in [4.69, 9.17) is 4.74 Å². The van der Waals surface area contributed by atoms with Crippen molar-refractivity contribution in [2.24, 2.45) is 5.92 Å². The maximum Gasteiger partial charge on any atom is 0.225 e. The topological polar surface area (TPSA) is 36.0 Å². The number of ether oxygens (including phenoxy) is 1. The van der Waals surface area contributed by atoms with Gasteiger partial charge in [-0.15, -0.1) is 0 Å². The molecule has 0 atom stereocenters. The maximum atomic E-state index is 13.1. The first-order valence-electron chi connectivity index (χ1n) is 12.4. The SMILES string of the molecule is CCOc1ccccc1CN1CCC(C(=O)N2CCN(CC=Cc3ccccc3)CC2)CC1. The van der Waals surface area contributed by atoms with Gasteiger partial charge in [0.1, 0.15) is 5.75 Å². The molecule has 2 aromatic rings. The van der Waals surface area contributed by atoms with Crippen LogP contribution in [-0.4, -0.2) is 73.0 Å². The van der Waals surface area contributed by atoms with Gasteiger partial charge in [-0.1, -0.05) is 60.7 Å². The molecule has 5 heteroatoms. The van der Waals surface area contributed by atoms with Gasteiger partial charge in [0.2, 0.25) is 5.91 Å². The zero-order chi connectivity index (χ0) is 22.9. The highest BCUT2D eigenvalue weighted by Crippen LogP contribution is 2.25. The number of carbonyl (C=O) groups is 1. The monoisotopic (exact) mass is 447 g/mol. The van der Waals surface area contributed by atoms with Gasteiger partial charge in [-0.05, 0) is 44.5 Å². The van der Waals surface area contributed by atoms with E-state index in [9.17, 15) is 4.79 Å². The van der Waals surface area contributed by atoms with E-state index in [1.807, 2.05) is 25.1 Å². The Morgan fingerprint density at radius 1 is 0.909 bits per heavy atom. The number of hydrogen-bond acceptors (Lipinski definition) is 4. The van der Waals surface area contributed by atoms with Crippen LogP contribution in [0.1, 0.15) is 30.9 Å². The van der Waals surface area contributed by atoms with Gasteiger partial charge in [0.25, 0.3) is 0 Å². The number of hydrogen-bond donors (Lipinski definition) is 0. The molecule has 2 aromatic carbocycles. The van der Waals surface area contributed by atoms with Crippen molar-refractivity contribution in [3.63, 3.8) is 0 Å². The molecule has 0 N–H and O–H groups in total. The first-order chi connectivity index (χ1) is 16.2. The summed E-state index contributed by atoms with van der Waals surface area (Å²) in [5.74, 6) is 1.52. The zero-order valence-corrected chi connectivity index (χ0v) is 19.9. The summed E-state index contributed by atoms with van der Waals surface area (Å²) >= 11 is 0. The number of rotatable bonds is 8. The molecule has 0 saturated carbocycles. The number of amides is 1. The molecule has 2 aliphatic rings. The molecule has 33 heavy (non-hydrogen) atoms. The quantitative estimate of drug-likeness (QED) is 0.609. The number of piperazine rings is 1. The van der Waals surface area contributed by atoms with Crippen LogP contribution in [0.25, 0.3) is 6.08 Å². The molecule has 0 aromatic heterocycles. The van der Waals surface area contributed by atoms with E-state index in [0.717, 1.165) is 70.9 Å². The van der Waals surface area contributed by atoms with Gasteiger partial charge in [0.05, 0.1) is 6.61 Å². The van der Waals surface area contributed by atoms with Crippen LogP contribution in [0, 0.1) is 5.92 Å². The third-order valence-corrected chi connectivity index (χ3v) is 6.76. The summed E-state index contributed by atoms with van der Waals surface area (Å²) in [4.78, 5) is 20.1. The summed E-state index contributed by atoms with van der Waals surface area (Å²) in [6, 6.07) is 18.7. The van der Waals surface area contributed by atoms with Crippen LogP contribution in [0.2, 0.25) is 0 Å². The molecule has 2 aliphatic heterocycles. The standard InChI is InChI=1S/C28H37N3O2/c1-2-33-27-13-7-6-12-26(27)23-30-17-14-25(15-18-30)28(32)31-21-19-29(20-22-31)16-8-11-24-9-4-3-5-10-24/h3-13,25H,2,14-23H2,1H3. The predicted molar refractivity (Wildman–Crippen MR) is 134 cm³/mol. The average molecular weight is 448 g/mol. The van der Waals surface area contributed by atoms with Gasteiger partial charge in [0.15, 0.2) is 0 Å². The van der Waals surface area contributed by atoms with Gasteiger partial charge in [-0.2, -0.15) is 0 Å². The van der Waals surface area contributed by atoms with Gasteiger partial charge in [-0.3, -0.25) is 14.6 Å². The summed E-state index contributed by atoms with van der Waals surface area (Å²) in [5, 5.41) is 0. The Bertz CT molecular complexity index is 898. The summed E-state index contributed by atoms with van der Waals surface area (Å²) in [7, 11) is 0. The van der Waals surface area contributed by atoms with Crippen molar-refractivity contribution in [3.8, 4) is 5.75 Å². The van der Waals surface area contributed by atoms with E-state index in [1.54, 1.807) is 0 Å². The van der Waals surface area contributed by atoms with Gasteiger partial charge >= 0.3 is 0 Å². The Morgan fingerprint density at radius 2 is 1.61 bits per heavy atom. The summed E-state index contributed by atoms with van der Waals surface area (Å²) in [6.45, 7) is 10.1. The van der Waals surface area contributed by atoms with Crippen molar-refractivity contribution >= 4 is 12.0 Å². The second-order valence-electron chi connectivity index (χ2n) is 9.03. The highest BCUT2D eigenvalue weighted by molar-refractivity contribution is 5.79. The van der Waals surface area contributed by atoms with Gasteiger partial charge in [-0.25, -0.2) is 0 Å². The van der Waals surface area contributed by atoms with Crippen LogP contribution in [0.3, 0.4) is 0 Å². The fourth-order valence-corrected chi connectivity index (χ4v) is 4.82. The van der Waals surface area contributed by atoms with Crippen molar-refractivity contribution in [2.45, 2.75) is 26.3 Å². The molecule has 0 spiro atoms. The Kier molecular flexibility index (Phi) is 8.56. The Balaban J connectivity index is 1.19. The van der Waals surface area contributed by atoms with Crippen LogP contribution >= 0.6 is 0 Å². The fraction of sp³-hybridized carbons (Fsp3) is 0.464. The molecule has 2 fully saturated rings. The second-order valence-corrected chi connectivity index (χ2v) is 9.03. The molecule has 176 valence electrons. The van der Waals surface area contributed by atoms with E-state index in [1.165, 1.54) is 11.1 Å². The lowest BCUT2D eigenvalue weighted by Gasteiger charge is -2.38. The molecular formula is C28H37N3O2. The van der Waals surface area contributed by atoms with E-state index < -0.39 is 0 Å². The Hall–Kier alpha value is -2.63. The lowest BCUT2D eigenvalue weighted by Crippen LogP contribution is -2.51. The van der Waals surface area contributed by atoms with E-state index in [-0.39, 0.29) is 5.92 Å². The first kappa shape index (κ1) is 23.5. The third-order valence-electron chi connectivity index (χ3n) is 6.76. The number of carbonyl (C=O) groups excluding carboxylic acids is 1. The lowest BCUT2D eigenvalue weighted by atomic mass is 9.94. The summed E-state index contributed by atoms with van der Waals surface area (Å²) in [6.07, 6.45) is 6.32. The number of piperidine rings is 1. The van der Waals surface area contributed by atoms with Crippen LogP contribution in [-0.2, 0) is 11.3 Å². The van der Waals surface area contributed by atoms with Crippen LogP contribution in [0.15, 0.2) is 60.7 Å². The molecular weight excluding hydrogens is 410 g/mol. The molecule has 1 amide bonds. The number of para-hydroxylation sites is 1. The van der Waals surface area contributed by atoms with Crippen molar-refractivity contribution in [1.82, 2.24) is 14.7 Å². The lowest BCUT2D eigenvalue weighted by molar-refractivity contribution is -0.138. The van der Waals surface area contributed by atoms with E-state index in [2.05, 4.69) is 63.2 Å². The average Bonchev–Trinajstić information content (AvgIpc) is 2.87. The second kappa shape index (κ2) is 12.0. The van der Waals surface area contributed by atoms with Crippen molar-refractivity contribution in [1.29, 1.82) is 0 Å². The molecule has 0 aliphatic carbocycles.